The molecule has 0 aliphatic heterocycles. The highest BCUT2D eigenvalue weighted by molar-refractivity contribution is 9.10. The lowest BCUT2D eigenvalue weighted by atomic mass is 10.2. The molecule has 0 bridgehead atoms. The zero-order valence-corrected chi connectivity index (χ0v) is 9.73. The third-order valence-corrected chi connectivity index (χ3v) is 2.53. The van der Waals surface area contributed by atoms with Crippen molar-refractivity contribution in [3.8, 4) is 5.69 Å². The van der Waals surface area contributed by atoms with E-state index in [1.54, 1.807) is 6.07 Å². The van der Waals surface area contributed by atoms with Crippen LogP contribution in [0, 0.1) is 6.92 Å². The Balaban J connectivity index is 2.69. The summed E-state index contributed by atoms with van der Waals surface area (Å²) in [6.45, 7) is 1.95. The van der Waals surface area contributed by atoms with Gasteiger partial charge < -0.3 is 0 Å². The first-order valence-electron chi connectivity index (χ1n) is 4.50. The number of hydrogen-bond donors (Lipinski definition) is 0. The van der Waals surface area contributed by atoms with Crippen molar-refractivity contribution in [2.75, 3.05) is 0 Å². The molecule has 0 atom stereocenters. The first kappa shape index (κ1) is 10.1. The van der Waals surface area contributed by atoms with Gasteiger partial charge in [-0.15, -0.1) is 0 Å². The standard InChI is InChI=1S/C11H9BrN2O/c1-8-4-2-3-5-9(8)14-11(15)7-6-10(12)13-14/h2-7H,1H3. The molecule has 2 rings (SSSR count). The molecule has 0 aliphatic carbocycles. The van der Waals surface area contributed by atoms with Crippen molar-refractivity contribution in [1.29, 1.82) is 0 Å². The minimum Gasteiger partial charge on any atom is -0.267 e. The molecule has 1 aromatic heterocycles. The van der Waals surface area contributed by atoms with Crippen LogP contribution in [0.1, 0.15) is 5.56 Å². The van der Waals surface area contributed by atoms with E-state index in [1.807, 2.05) is 31.2 Å². The summed E-state index contributed by atoms with van der Waals surface area (Å²) in [6.07, 6.45) is 0. The Hall–Kier alpha value is -1.42. The van der Waals surface area contributed by atoms with Gasteiger partial charge in [-0.1, -0.05) is 18.2 Å². The lowest BCUT2D eigenvalue weighted by molar-refractivity contribution is 0.788. The highest BCUT2D eigenvalue weighted by Crippen LogP contribution is 2.11. The summed E-state index contributed by atoms with van der Waals surface area (Å²) in [5.74, 6) is 0. The monoisotopic (exact) mass is 264 g/mol. The van der Waals surface area contributed by atoms with Crippen molar-refractivity contribution >= 4 is 15.9 Å². The molecule has 0 fully saturated rings. The van der Waals surface area contributed by atoms with Crippen LogP contribution < -0.4 is 5.56 Å². The lowest BCUT2D eigenvalue weighted by Gasteiger charge is -2.06. The summed E-state index contributed by atoms with van der Waals surface area (Å²) >= 11 is 3.25. The van der Waals surface area contributed by atoms with Crippen LogP contribution in [0.25, 0.3) is 5.69 Å². The number of nitrogens with zero attached hydrogens (tertiary/aromatic N) is 2. The minimum atomic E-state index is -0.132. The lowest BCUT2D eigenvalue weighted by Crippen LogP contribution is -2.20. The Bertz CT molecular complexity index is 548. The molecule has 0 N–H and O–H groups in total. The molecule has 3 nitrogen and oxygen atoms in total. The van der Waals surface area contributed by atoms with Crippen LogP contribution in [0.5, 0.6) is 0 Å². The van der Waals surface area contributed by atoms with E-state index < -0.39 is 0 Å². The number of aryl methyl sites for hydroxylation is 1. The molecule has 0 saturated carbocycles. The van der Waals surface area contributed by atoms with Crippen LogP contribution in [0.3, 0.4) is 0 Å². The molecule has 2 aromatic rings. The van der Waals surface area contributed by atoms with Crippen molar-refractivity contribution in [2.45, 2.75) is 6.92 Å². The van der Waals surface area contributed by atoms with E-state index in [0.29, 0.717) is 4.60 Å². The van der Waals surface area contributed by atoms with Gasteiger partial charge in [0.05, 0.1) is 5.69 Å². The van der Waals surface area contributed by atoms with Gasteiger partial charge in [0.1, 0.15) is 4.60 Å². The molecule has 0 unspecified atom stereocenters. The summed E-state index contributed by atoms with van der Waals surface area (Å²) in [6, 6.07) is 10.8. The molecular weight excluding hydrogens is 256 g/mol. The number of rotatable bonds is 1. The summed E-state index contributed by atoms with van der Waals surface area (Å²) in [5.41, 5.74) is 1.70. The molecule has 76 valence electrons. The van der Waals surface area contributed by atoms with Crippen LogP contribution >= 0.6 is 15.9 Å². The highest BCUT2D eigenvalue weighted by Gasteiger charge is 2.03. The van der Waals surface area contributed by atoms with Gasteiger partial charge in [0.15, 0.2) is 0 Å². The summed E-state index contributed by atoms with van der Waals surface area (Å²) in [5, 5.41) is 4.12. The molecule has 0 radical (unpaired) electrons. The summed E-state index contributed by atoms with van der Waals surface area (Å²) in [4.78, 5) is 11.6. The molecule has 1 aromatic carbocycles. The maximum absolute atomic E-state index is 11.6. The first-order chi connectivity index (χ1) is 7.18. The normalized spacial score (nSPS) is 10.3. The van der Waals surface area contributed by atoms with E-state index in [9.17, 15) is 4.79 Å². The number of benzene rings is 1. The van der Waals surface area contributed by atoms with Gasteiger partial charge in [0.2, 0.25) is 0 Å². The van der Waals surface area contributed by atoms with Crippen LogP contribution in [0.15, 0.2) is 45.8 Å². The zero-order valence-electron chi connectivity index (χ0n) is 8.14. The average Bonchev–Trinajstić information content (AvgIpc) is 2.23. The fraction of sp³-hybridized carbons (Fsp3) is 0.0909. The minimum absolute atomic E-state index is 0.132. The SMILES string of the molecule is Cc1ccccc1-n1nc(Br)ccc1=O. The van der Waals surface area contributed by atoms with E-state index in [4.69, 9.17) is 0 Å². The van der Waals surface area contributed by atoms with E-state index in [1.165, 1.54) is 10.7 Å². The van der Waals surface area contributed by atoms with Gasteiger partial charge in [0.25, 0.3) is 5.56 Å². The topological polar surface area (TPSA) is 34.9 Å². The second kappa shape index (κ2) is 3.98. The molecule has 15 heavy (non-hydrogen) atoms. The first-order valence-corrected chi connectivity index (χ1v) is 5.29. The second-order valence-corrected chi connectivity index (χ2v) is 4.01. The van der Waals surface area contributed by atoms with Crippen molar-refractivity contribution < 1.29 is 0 Å². The van der Waals surface area contributed by atoms with Crippen LogP contribution in [-0.2, 0) is 0 Å². The number of halogens is 1. The van der Waals surface area contributed by atoms with Crippen LogP contribution in [0.2, 0.25) is 0 Å². The van der Waals surface area contributed by atoms with Gasteiger partial charge in [-0.25, -0.2) is 0 Å². The number of hydrogen-bond acceptors (Lipinski definition) is 2. The molecule has 0 spiro atoms. The highest BCUT2D eigenvalue weighted by atomic mass is 79.9. The Morgan fingerprint density at radius 1 is 1.20 bits per heavy atom. The zero-order chi connectivity index (χ0) is 10.8. The molecule has 1 heterocycles. The number of para-hydroxylation sites is 1. The van der Waals surface area contributed by atoms with Crippen LogP contribution in [0.4, 0.5) is 0 Å². The second-order valence-electron chi connectivity index (χ2n) is 3.19. The van der Waals surface area contributed by atoms with Gasteiger partial charge in [-0.05, 0) is 40.5 Å². The van der Waals surface area contributed by atoms with Crippen molar-refractivity contribution in [2.24, 2.45) is 0 Å². The molecule has 0 aliphatic rings. The van der Waals surface area contributed by atoms with E-state index in [-0.39, 0.29) is 5.56 Å². The van der Waals surface area contributed by atoms with E-state index >= 15 is 0 Å². The Morgan fingerprint density at radius 3 is 2.67 bits per heavy atom. The average molecular weight is 265 g/mol. The van der Waals surface area contributed by atoms with Crippen molar-refractivity contribution in [3.63, 3.8) is 0 Å². The third-order valence-electron chi connectivity index (χ3n) is 2.11. The molecular formula is C11H9BrN2O. The Morgan fingerprint density at radius 2 is 1.93 bits per heavy atom. The summed E-state index contributed by atoms with van der Waals surface area (Å²) < 4.78 is 2.03. The summed E-state index contributed by atoms with van der Waals surface area (Å²) in [7, 11) is 0. The number of aromatic nitrogens is 2. The van der Waals surface area contributed by atoms with Gasteiger partial charge >= 0.3 is 0 Å². The quantitative estimate of drug-likeness (QED) is 0.793. The van der Waals surface area contributed by atoms with E-state index in [2.05, 4.69) is 21.0 Å². The maximum atomic E-state index is 11.6. The largest absolute Gasteiger partial charge is 0.271 e. The Kier molecular flexibility index (Phi) is 2.68. The fourth-order valence-electron chi connectivity index (χ4n) is 1.36. The van der Waals surface area contributed by atoms with Crippen LogP contribution in [-0.4, -0.2) is 9.78 Å². The molecule has 0 amide bonds. The Labute approximate surface area is 95.5 Å². The van der Waals surface area contributed by atoms with Gasteiger partial charge in [0, 0.05) is 6.07 Å². The predicted octanol–water partition coefficient (Wildman–Crippen LogP) is 2.30. The van der Waals surface area contributed by atoms with Crippen molar-refractivity contribution in [1.82, 2.24) is 9.78 Å². The predicted molar refractivity (Wildman–Crippen MR) is 62.3 cm³/mol. The van der Waals surface area contributed by atoms with Gasteiger partial charge in [-0.2, -0.15) is 9.78 Å². The molecule has 0 saturated heterocycles. The molecule has 4 heteroatoms. The maximum Gasteiger partial charge on any atom is 0.271 e. The van der Waals surface area contributed by atoms with E-state index in [0.717, 1.165) is 11.3 Å². The third kappa shape index (κ3) is 1.99. The fourth-order valence-corrected chi connectivity index (χ4v) is 1.65. The smallest absolute Gasteiger partial charge is 0.267 e. The van der Waals surface area contributed by atoms with Gasteiger partial charge in [-0.3, -0.25) is 4.79 Å². The van der Waals surface area contributed by atoms with Crippen molar-refractivity contribution in [3.05, 3.63) is 56.9 Å².